The van der Waals surface area contributed by atoms with Crippen molar-refractivity contribution in [3.8, 4) is 0 Å². The van der Waals surface area contributed by atoms with Gasteiger partial charge in [-0.05, 0) is 49.9 Å². The van der Waals surface area contributed by atoms with Gasteiger partial charge in [0.15, 0.2) is 5.96 Å². The van der Waals surface area contributed by atoms with Gasteiger partial charge in [-0.15, -0.1) is 0 Å². The Hall–Kier alpha value is -2.38. The maximum atomic E-state index is 11.5. The summed E-state index contributed by atoms with van der Waals surface area (Å²) in [6.07, 6.45) is 1.97. The van der Waals surface area contributed by atoms with Crippen LogP contribution in [-0.4, -0.2) is 27.0 Å². The average Bonchev–Trinajstić information content (AvgIpc) is 2.65. The van der Waals surface area contributed by atoms with Crippen LogP contribution in [0.15, 0.2) is 64.5 Å². The lowest BCUT2D eigenvalue weighted by atomic mass is 10.1. The number of benzene rings is 2. The summed E-state index contributed by atoms with van der Waals surface area (Å²) in [5.41, 5.74) is 2.10. The van der Waals surface area contributed by atoms with E-state index in [-0.39, 0.29) is 10.9 Å². The molecule has 1 atom stereocenters. The molecule has 0 bridgehead atoms. The number of hydrogen-bond acceptors (Lipinski definition) is 3. The maximum Gasteiger partial charge on any atom is 0.238 e. The summed E-state index contributed by atoms with van der Waals surface area (Å²) in [7, 11) is -3.71. The highest BCUT2D eigenvalue weighted by Gasteiger charge is 2.09. The zero-order valence-electron chi connectivity index (χ0n) is 15.9. The molecule has 27 heavy (non-hydrogen) atoms. The molecule has 0 saturated carbocycles. The summed E-state index contributed by atoms with van der Waals surface area (Å²) in [6, 6.07) is 17.2. The first kappa shape index (κ1) is 20.9. The maximum absolute atomic E-state index is 11.5. The second-order valence-corrected chi connectivity index (χ2v) is 8.02. The summed E-state index contributed by atoms with van der Waals surface area (Å²) in [5, 5.41) is 11.8. The second kappa shape index (κ2) is 10.1. The lowest BCUT2D eigenvalue weighted by Crippen LogP contribution is -2.42. The van der Waals surface area contributed by atoms with Crippen molar-refractivity contribution >= 4 is 16.0 Å². The molecule has 0 amide bonds. The fourth-order valence-corrected chi connectivity index (χ4v) is 3.23. The Balaban J connectivity index is 1.97. The third kappa shape index (κ3) is 7.40. The highest BCUT2D eigenvalue weighted by Crippen LogP contribution is 2.11. The molecule has 2 rings (SSSR count). The molecule has 0 aliphatic carbocycles. The predicted octanol–water partition coefficient (Wildman–Crippen LogP) is 2.41. The molecular formula is C20H28N4O2S. The molecule has 0 saturated heterocycles. The molecule has 0 aliphatic rings. The van der Waals surface area contributed by atoms with Gasteiger partial charge in [0.25, 0.3) is 0 Å². The van der Waals surface area contributed by atoms with Gasteiger partial charge in [-0.25, -0.2) is 18.5 Å². The third-order valence-corrected chi connectivity index (χ3v) is 4.99. The summed E-state index contributed by atoms with van der Waals surface area (Å²) in [4.78, 5) is 4.66. The molecule has 0 aromatic heterocycles. The van der Waals surface area contributed by atoms with Crippen molar-refractivity contribution in [1.82, 2.24) is 10.6 Å². The standard InChI is InChI=1S/C20H28N4O2S/c1-3-22-20(24-16(2)12-13-17-8-5-4-6-9-17)23-15-18-10-7-11-19(14-18)27(21,25)26/h4-11,14,16H,3,12-13,15H2,1-2H3,(H2,21,25,26)(H2,22,23,24). The predicted molar refractivity (Wildman–Crippen MR) is 110 cm³/mol. The Morgan fingerprint density at radius 2 is 1.81 bits per heavy atom. The van der Waals surface area contributed by atoms with Crippen LogP contribution >= 0.6 is 0 Å². The molecule has 0 heterocycles. The number of sulfonamides is 1. The number of rotatable bonds is 8. The SMILES string of the molecule is CCNC(=NCc1cccc(S(N)(=O)=O)c1)NC(C)CCc1ccccc1. The Morgan fingerprint density at radius 3 is 2.48 bits per heavy atom. The smallest absolute Gasteiger partial charge is 0.238 e. The highest BCUT2D eigenvalue weighted by atomic mass is 32.2. The Kier molecular flexibility index (Phi) is 7.82. The molecule has 1 unspecified atom stereocenters. The van der Waals surface area contributed by atoms with Gasteiger partial charge in [0, 0.05) is 12.6 Å². The van der Waals surface area contributed by atoms with Crippen molar-refractivity contribution in [3.63, 3.8) is 0 Å². The van der Waals surface area contributed by atoms with Gasteiger partial charge in [0.05, 0.1) is 11.4 Å². The van der Waals surface area contributed by atoms with Gasteiger partial charge in [0.1, 0.15) is 0 Å². The summed E-state index contributed by atoms with van der Waals surface area (Å²) in [5.74, 6) is 0.707. The van der Waals surface area contributed by atoms with Crippen LogP contribution in [0.5, 0.6) is 0 Å². The number of aliphatic imine (C=N–C) groups is 1. The van der Waals surface area contributed by atoms with Crippen LogP contribution < -0.4 is 15.8 Å². The van der Waals surface area contributed by atoms with Crippen molar-refractivity contribution in [3.05, 3.63) is 65.7 Å². The molecule has 4 N–H and O–H groups in total. The van der Waals surface area contributed by atoms with E-state index in [1.807, 2.05) is 19.1 Å². The van der Waals surface area contributed by atoms with Crippen molar-refractivity contribution < 1.29 is 8.42 Å². The Morgan fingerprint density at radius 1 is 1.11 bits per heavy atom. The van der Waals surface area contributed by atoms with Crippen LogP contribution in [0.1, 0.15) is 31.4 Å². The van der Waals surface area contributed by atoms with E-state index in [2.05, 4.69) is 46.8 Å². The van der Waals surface area contributed by atoms with Crippen molar-refractivity contribution in [2.45, 2.75) is 44.2 Å². The fraction of sp³-hybridized carbons (Fsp3) is 0.350. The van der Waals surface area contributed by atoms with Gasteiger partial charge in [0.2, 0.25) is 10.0 Å². The molecule has 6 nitrogen and oxygen atoms in total. The van der Waals surface area contributed by atoms with Gasteiger partial charge in [-0.1, -0.05) is 42.5 Å². The minimum absolute atomic E-state index is 0.101. The molecule has 0 aliphatic heterocycles. The zero-order chi connectivity index (χ0) is 19.7. The van der Waals surface area contributed by atoms with Crippen LogP contribution in [0.2, 0.25) is 0 Å². The number of nitrogens with two attached hydrogens (primary N) is 1. The number of primary sulfonamides is 1. The van der Waals surface area contributed by atoms with E-state index in [1.165, 1.54) is 11.6 Å². The summed E-state index contributed by atoms with van der Waals surface area (Å²) >= 11 is 0. The first-order chi connectivity index (χ1) is 12.9. The number of guanidine groups is 1. The van der Waals surface area contributed by atoms with E-state index in [4.69, 9.17) is 5.14 Å². The van der Waals surface area contributed by atoms with Crippen LogP contribution in [-0.2, 0) is 23.0 Å². The molecule has 0 spiro atoms. The normalized spacial score (nSPS) is 13.2. The van der Waals surface area contributed by atoms with E-state index in [0.29, 0.717) is 12.5 Å². The summed E-state index contributed by atoms with van der Waals surface area (Å²) in [6.45, 7) is 5.24. The Labute approximate surface area is 162 Å². The van der Waals surface area contributed by atoms with E-state index in [0.717, 1.165) is 24.9 Å². The van der Waals surface area contributed by atoms with E-state index in [9.17, 15) is 8.42 Å². The molecule has 2 aromatic rings. The van der Waals surface area contributed by atoms with Gasteiger partial charge in [-0.2, -0.15) is 0 Å². The molecular weight excluding hydrogens is 360 g/mol. The molecule has 146 valence electrons. The van der Waals surface area contributed by atoms with Crippen molar-refractivity contribution in [2.24, 2.45) is 10.1 Å². The lowest BCUT2D eigenvalue weighted by molar-refractivity contribution is 0.593. The van der Waals surface area contributed by atoms with Crippen molar-refractivity contribution in [2.75, 3.05) is 6.54 Å². The quantitative estimate of drug-likeness (QED) is 0.478. The monoisotopic (exact) mass is 388 g/mol. The Bertz CT molecular complexity index is 851. The van der Waals surface area contributed by atoms with Crippen LogP contribution in [0.25, 0.3) is 0 Å². The largest absolute Gasteiger partial charge is 0.357 e. The lowest BCUT2D eigenvalue weighted by Gasteiger charge is -2.18. The van der Waals surface area contributed by atoms with E-state index >= 15 is 0 Å². The molecule has 0 fully saturated rings. The van der Waals surface area contributed by atoms with Crippen LogP contribution in [0, 0.1) is 0 Å². The van der Waals surface area contributed by atoms with Crippen LogP contribution in [0.4, 0.5) is 0 Å². The zero-order valence-corrected chi connectivity index (χ0v) is 16.7. The number of nitrogens with zero attached hydrogens (tertiary/aromatic N) is 1. The number of hydrogen-bond donors (Lipinski definition) is 3. The second-order valence-electron chi connectivity index (χ2n) is 6.46. The first-order valence-corrected chi connectivity index (χ1v) is 10.6. The minimum atomic E-state index is -3.71. The molecule has 7 heteroatoms. The highest BCUT2D eigenvalue weighted by molar-refractivity contribution is 7.89. The summed E-state index contributed by atoms with van der Waals surface area (Å²) < 4.78 is 23.0. The van der Waals surface area contributed by atoms with Gasteiger partial charge >= 0.3 is 0 Å². The van der Waals surface area contributed by atoms with E-state index < -0.39 is 10.0 Å². The molecule has 2 aromatic carbocycles. The number of aryl methyl sites for hydroxylation is 1. The van der Waals surface area contributed by atoms with Crippen molar-refractivity contribution in [1.29, 1.82) is 0 Å². The first-order valence-electron chi connectivity index (χ1n) is 9.09. The molecule has 0 radical (unpaired) electrons. The number of nitrogens with one attached hydrogen (secondary N) is 2. The fourth-order valence-electron chi connectivity index (χ4n) is 2.64. The van der Waals surface area contributed by atoms with Crippen LogP contribution in [0.3, 0.4) is 0 Å². The minimum Gasteiger partial charge on any atom is -0.357 e. The average molecular weight is 389 g/mol. The topological polar surface area (TPSA) is 96.6 Å². The van der Waals surface area contributed by atoms with Gasteiger partial charge < -0.3 is 10.6 Å². The third-order valence-electron chi connectivity index (χ3n) is 4.08. The van der Waals surface area contributed by atoms with E-state index in [1.54, 1.807) is 12.1 Å². The van der Waals surface area contributed by atoms with Gasteiger partial charge in [-0.3, -0.25) is 0 Å².